The zero-order valence-corrected chi connectivity index (χ0v) is 13.1. The van der Waals surface area contributed by atoms with Crippen LogP contribution in [0.3, 0.4) is 0 Å². The molecule has 2 N–H and O–H groups in total. The number of carbonyl (C=O) groups is 1. The van der Waals surface area contributed by atoms with Gasteiger partial charge in [-0.25, -0.2) is 0 Å². The van der Waals surface area contributed by atoms with Gasteiger partial charge in [0.15, 0.2) is 5.69 Å². The normalized spacial score (nSPS) is 10.8. The SMILES string of the molecule is CCc1cc(Br)ccc1NC(=O)c1n[nH]c2ccccc12. The van der Waals surface area contributed by atoms with Gasteiger partial charge in [0.1, 0.15) is 0 Å². The minimum Gasteiger partial charge on any atom is -0.320 e. The van der Waals surface area contributed by atoms with E-state index in [-0.39, 0.29) is 5.91 Å². The molecular weight excluding hydrogens is 330 g/mol. The van der Waals surface area contributed by atoms with Gasteiger partial charge >= 0.3 is 0 Å². The number of amides is 1. The summed E-state index contributed by atoms with van der Waals surface area (Å²) in [7, 11) is 0. The molecule has 0 unspecified atom stereocenters. The summed E-state index contributed by atoms with van der Waals surface area (Å²) in [6.45, 7) is 2.06. The molecule has 0 aliphatic carbocycles. The molecule has 3 rings (SSSR count). The Kier molecular flexibility index (Phi) is 3.75. The number of H-pyrrole nitrogens is 1. The minimum absolute atomic E-state index is 0.204. The standard InChI is InChI=1S/C16H14BrN3O/c1-2-10-9-11(17)7-8-13(10)18-16(21)15-12-5-3-4-6-14(12)19-20-15/h3-9H,2H2,1H3,(H,18,21)(H,19,20). The lowest BCUT2D eigenvalue weighted by Crippen LogP contribution is -2.14. The first-order valence-electron chi connectivity index (χ1n) is 6.72. The summed E-state index contributed by atoms with van der Waals surface area (Å²) < 4.78 is 1.00. The number of halogens is 1. The van der Waals surface area contributed by atoms with Gasteiger partial charge in [-0.3, -0.25) is 9.89 Å². The number of aromatic amines is 1. The number of fused-ring (bicyclic) bond motifs is 1. The maximum atomic E-state index is 12.4. The molecule has 0 saturated heterocycles. The molecule has 0 aliphatic rings. The zero-order valence-electron chi connectivity index (χ0n) is 11.5. The summed E-state index contributed by atoms with van der Waals surface area (Å²) in [6, 6.07) is 13.4. The molecule has 0 radical (unpaired) electrons. The Labute approximate surface area is 130 Å². The fraction of sp³-hybridized carbons (Fsp3) is 0.125. The monoisotopic (exact) mass is 343 g/mol. The van der Waals surface area contributed by atoms with Gasteiger partial charge in [0, 0.05) is 15.5 Å². The number of anilines is 1. The maximum absolute atomic E-state index is 12.4. The number of para-hydroxylation sites is 1. The molecule has 2 aromatic carbocycles. The summed E-state index contributed by atoms with van der Waals surface area (Å²) >= 11 is 3.44. The first-order valence-corrected chi connectivity index (χ1v) is 7.51. The van der Waals surface area contributed by atoms with Crippen molar-refractivity contribution >= 4 is 38.4 Å². The number of aryl methyl sites for hydroxylation is 1. The van der Waals surface area contributed by atoms with Gasteiger partial charge in [-0.15, -0.1) is 0 Å². The van der Waals surface area contributed by atoms with Crippen molar-refractivity contribution in [2.24, 2.45) is 0 Å². The Morgan fingerprint density at radius 1 is 1.29 bits per heavy atom. The Morgan fingerprint density at radius 3 is 2.90 bits per heavy atom. The quantitative estimate of drug-likeness (QED) is 0.750. The average Bonchev–Trinajstić information content (AvgIpc) is 2.93. The number of benzene rings is 2. The first-order chi connectivity index (χ1) is 10.2. The van der Waals surface area contributed by atoms with Crippen LogP contribution in [0.1, 0.15) is 23.0 Å². The van der Waals surface area contributed by atoms with E-state index in [1.807, 2.05) is 42.5 Å². The minimum atomic E-state index is -0.204. The predicted octanol–water partition coefficient (Wildman–Crippen LogP) is 4.14. The van der Waals surface area contributed by atoms with Crippen molar-refractivity contribution in [3.63, 3.8) is 0 Å². The molecule has 1 amide bonds. The van der Waals surface area contributed by atoms with Crippen molar-refractivity contribution < 1.29 is 4.79 Å². The Hall–Kier alpha value is -2.14. The highest BCUT2D eigenvalue weighted by molar-refractivity contribution is 9.10. The van der Waals surface area contributed by atoms with Crippen LogP contribution in [0, 0.1) is 0 Å². The topological polar surface area (TPSA) is 57.8 Å². The molecule has 0 aliphatic heterocycles. The second kappa shape index (κ2) is 5.69. The lowest BCUT2D eigenvalue weighted by atomic mass is 10.1. The largest absolute Gasteiger partial charge is 0.320 e. The fourth-order valence-electron chi connectivity index (χ4n) is 2.29. The number of nitrogens with one attached hydrogen (secondary N) is 2. The van der Waals surface area contributed by atoms with Crippen LogP contribution >= 0.6 is 15.9 Å². The van der Waals surface area contributed by atoms with Gasteiger partial charge < -0.3 is 5.32 Å². The highest BCUT2D eigenvalue weighted by atomic mass is 79.9. The van der Waals surface area contributed by atoms with E-state index in [2.05, 4.69) is 38.4 Å². The van der Waals surface area contributed by atoms with Crippen molar-refractivity contribution in [1.82, 2.24) is 10.2 Å². The van der Waals surface area contributed by atoms with E-state index in [0.717, 1.165) is 33.0 Å². The molecule has 0 atom stereocenters. The van der Waals surface area contributed by atoms with E-state index >= 15 is 0 Å². The van der Waals surface area contributed by atoms with Crippen molar-refractivity contribution in [2.45, 2.75) is 13.3 Å². The van der Waals surface area contributed by atoms with Crippen molar-refractivity contribution in [3.05, 3.63) is 58.2 Å². The van der Waals surface area contributed by atoms with Crippen LogP contribution in [0.25, 0.3) is 10.9 Å². The Bertz CT molecular complexity index is 810. The Balaban J connectivity index is 1.93. The number of hydrogen-bond acceptors (Lipinski definition) is 2. The highest BCUT2D eigenvalue weighted by Crippen LogP contribution is 2.23. The van der Waals surface area contributed by atoms with Crippen LogP contribution in [-0.4, -0.2) is 16.1 Å². The Morgan fingerprint density at radius 2 is 2.10 bits per heavy atom. The number of nitrogens with zero attached hydrogens (tertiary/aromatic N) is 1. The van der Waals surface area contributed by atoms with Crippen molar-refractivity contribution in [2.75, 3.05) is 5.32 Å². The maximum Gasteiger partial charge on any atom is 0.276 e. The van der Waals surface area contributed by atoms with Crippen molar-refractivity contribution in [3.8, 4) is 0 Å². The molecule has 0 fully saturated rings. The third-order valence-corrected chi connectivity index (χ3v) is 3.88. The number of hydrogen-bond donors (Lipinski definition) is 2. The molecule has 1 heterocycles. The zero-order chi connectivity index (χ0) is 14.8. The smallest absolute Gasteiger partial charge is 0.276 e. The summed E-state index contributed by atoms with van der Waals surface area (Å²) in [5.41, 5.74) is 3.17. The molecule has 5 heteroatoms. The van der Waals surface area contributed by atoms with Crippen LogP contribution < -0.4 is 5.32 Å². The lowest BCUT2D eigenvalue weighted by Gasteiger charge is -2.09. The average molecular weight is 344 g/mol. The molecule has 1 aromatic heterocycles. The molecule has 0 saturated carbocycles. The van der Waals surface area contributed by atoms with Gasteiger partial charge in [-0.05, 0) is 36.2 Å². The number of carbonyl (C=O) groups excluding carboxylic acids is 1. The van der Waals surface area contributed by atoms with Gasteiger partial charge in [0.25, 0.3) is 5.91 Å². The number of rotatable bonds is 3. The molecule has 4 nitrogen and oxygen atoms in total. The first kappa shape index (κ1) is 13.8. The molecule has 3 aromatic rings. The second-order valence-corrected chi connectivity index (χ2v) is 5.64. The van der Waals surface area contributed by atoms with Crippen LogP contribution in [0.15, 0.2) is 46.9 Å². The molecule has 0 spiro atoms. The highest BCUT2D eigenvalue weighted by Gasteiger charge is 2.15. The van der Waals surface area contributed by atoms with E-state index in [1.54, 1.807) is 0 Å². The molecule has 21 heavy (non-hydrogen) atoms. The third kappa shape index (κ3) is 2.69. The number of aromatic nitrogens is 2. The van der Waals surface area contributed by atoms with Gasteiger partial charge in [-0.2, -0.15) is 5.10 Å². The van der Waals surface area contributed by atoms with Crippen LogP contribution in [-0.2, 0) is 6.42 Å². The summed E-state index contributed by atoms with van der Waals surface area (Å²) in [5, 5.41) is 10.8. The molecular formula is C16H14BrN3O. The summed E-state index contributed by atoms with van der Waals surface area (Å²) in [4.78, 5) is 12.4. The van der Waals surface area contributed by atoms with Crippen molar-refractivity contribution in [1.29, 1.82) is 0 Å². The summed E-state index contributed by atoms with van der Waals surface area (Å²) in [5.74, 6) is -0.204. The molecule has 106 valence electrons. The van der Waals surface area contributed by atoms with Gasteiger partial charge in [0.2, 0.25) is 0 Å². The van der Waals surface area contributed by atoms with Crippen LogP contribution in [0.5, 0.6) is 0 Å². The van der Waals surface area contributed by atoms with Gasteiger partial charge in [-0.1, -0.05) is 41.1 Å². The molecule has 0 bridgehead atoms. The van der Waals surface area contributed by atoms with E-state index < -0.39 is 0 Å². The van der Waals surface area contributed by atoms with Crippen LogP contribution in [0.2, 0.25) is 0 Å². The fourth-order valence-corrected chi connectivity index (χ4v) is 2.70. The predicted molar refractivity (Wildman–Crippen MR) is 87.6 cm³/mol. The third-order valence-electron chi connectivity index (χ3n) is 3.38. The van der Waals surface area contributed by atoms with Crippen LogP contribution in [0.4, 0.5) is 5.69 Å². The second-order valence-electron chi connectivity index (χ2n) is 4.73. The summed E-state index contributed by atoms with van der Waals surface area (Å²) in [6.07, 6.45) is 0.844. The van der Waals surface area contributed by atoms with Gasteiger partial charge in [0.05, 0.1) is 5.52 Å². The van der Waals surface area contributed by atoms with E-state index in [4.69, 9.17) is 0 Å². The van der Waals surface area contributed by atoms with E-state index in [9.17, 15) is 4.79 Å². The lowest BCUT2D eigenvalue weighted by molar-refractivity contribution is 0.102. The van der Waals surface area contributed by atoms with E-state index in [0.29, 0.717) is 5.69 Å². The van der Waals surface area contributed by atoms with E-state index in [1.165, 1.54) is 0 Å².